The van der Waals surface area contributed by atoms with Crippen molar-refractivity contribution in [3.8, 4) is 0 Å². The summed E-state index contributed by atoms with van der Waals surface area (Å²) in [5, 5.41) is 1.00. The van der Waals surface area contributed by atoms with Gasteiger partial charge in [-0.15, -0.1) is 0 Å². The number of carbonyl (C=O) groups excluding carboxylic acids is 1. The maximum atomic E-state index is 12.6. The van der Waals surface area contributed by atoms with Crippen LogP contribution in [0.2, 0.25) is 10.0 Å². The van der Waals surface area contributed by atoms with E-state index in [-0.39, 0.29) is 11.8 Å². The molecular weight excluding hydrogens is 293 g/mol. The molecule has 1 aliphatic rings. The summed E-state index contributed by atoms with van der Waals surface area (Å²) in [6, 6.07) is 4.96. The van der Waals surface area contributed by atoms with Crippen molar-refractivity contribution in [3.63, 3.8) is 0 Å². The monoisotopic (exact) mass is 313 g/mol. The summed E-state index contributed by atoms with van der Waals surface area (Å²) < 4.78 is 0. The maximum absolute atomic E-state index is 12.6. The molecule has 0 radical (unpaired) electrons. The number of hydrogen-bond acceptors (Lipinski definition) is 2. The first-order chi connectivity index (χ1) is 9.52. The lowest BCUT2D eigenvalue weighted by Crippen LogP contribution is -2.37. The van der Waals surface area contributed by atoms with Gasteiger partial charge in [0, 0.05) is 17.1 Å². The molecule has 2 atom stereocenters. The van der Waals surface area contributed by atoms with Crippen molar-refractivity contribution < 1.29 is 4.79 Å². The summed E-state index contributed by atoms with van der Waals surface area (Å²) in [5.74, 6) is 0.819. The molecule has 0 spiro atoms. The Kier molecular flexibility index (Phi) is 5.48. The zero-order valence-corrected chi connectivity index (χ0v) is 13.5. The van der Waals surface area contributed by atoms with Gasteiger partial charge >= 0.3 is 0 Å². The van der Waals surface area contributed by atoms with Gasteiger partial charge in [-0.25, -0.2) is 0 Å². The Labute approximate surface area is 131 Å². The highest BCUT2D eigenvalue weighted by Crippen LogP contribution is 2.27. The third-order valence-corrected chi connectivity index (χ3v) is 4.69. The predicted molar refractivity (Wildman–Crippen MR) is 84.8 cm³/mol. The highest BCUT2D eigenvalue weighted by Gasteiger charge is 2.30. The SMILES string of the molecule is CCCC1CCN(C(C)C(=O)c2ccc(Cl)cc2Cl)C1. The first-order valence-corrected chi connectivity index (χ1v) is 8.01. The van der Waals surface area contributed by atoms with E-state index < -0.39 is 0 Å². The van der Waals surface area contributed by atoms with Crippen molar-refractivity contribution >= 4 is 29.0 Å². The van der Waals surface area contributed by atoms with Crippen molar-refractivity contribution in [3.05, 3.63) is 33.8 Å². The topological polar surface area (TPSA) is 20.3 Å². The molecule has 1 heterocycles. The quantitative estimate of drug-likeness (QED) is 0.735. The minimum absolute atomic E-state index is 0.0869. The van der Waals surface area contributed by atoms with Crippen molar-refractivity contribution in [2.45, 2.75) is 39.2 Å². The second kappa shape index (κ2) is 6.93. The average molecular weight is 314 g/mol. The molecule has 2 unspecified atom stereocenters. The van der Waals surface area contributed by atoms with Gasteiger partial charge in [0.05, 0.1) is 11.1 Å². The van der Waals surface area contributed by atoms with Crippen LogP contribution in [0.25, 0.3) is 0 Å². The van der Waals surface area contributed by atoms with Crippen LogP contribution >= 0.6 is 23.2 Å². The molecule has 0 N–H and O–H groups in total. The van der Waals surface area contributed by atoms with Crippen LogP contribution in [-0.4, -0.2) is 29.8 Å². The molecule has 1 aromatic carbocycles. The van der Waals surface area contributed by atoms with Gasteiger partial charge in [0.15, 0.2) is 5.78 Å². The number of carbonyl (C=O) groups is 1. The van der Waals surface area contributed by atoms with Gasteiger partial charge in [-0.3, -0.25) is 9.69 Å². The fraction of sp³-hybridized carbons (Fsp3) is 0.562. The molecule has 0 aliphatic carbocycles. The lowest BCUT2D eigenvalue weighted by molar-refractivity contribution is 0.0862. The first-order valence-electron chi connectivity index (χ1n) is 7.26. The zero-order valence-electron chi connectivity index (χ0n) is 12.0. The van der Waals surface area contributed by atoms with Crippen LogP contribution in [-0.2, 0) is 0 Å². The standard InChI is InChI=1S/C16H21Cl2NO/c1-3-4-12-7-8-19(10-12)11(2)16(20)14-6-5-13(17)9-15(14)18/h5-6,9,11-12H,3-4,7-8,10H2,1-2H3. The summed E-state index contributed by atoms with van der Waals surface area (Å²) in [6.45, 7) is 6.21. The summed E-state index contributed by atoms with van der Waals surface area (Å²) in [6.07, 6.45) is 3.66. The van der Waals surface area contributed by atoms with Crippen LogP contribution in [0.4, 0.5) is 0 Å². The molecule has 2 nitrogen and oxygen atoms in total. The molecule has 1 saturated heterocycles. The molecule has 110 valence electrons. The molecule has 20 heavy (non-hydrogen) atoms. The molecule has 0 saturated carbocycles. The van der Waals surface area contributed by atoms with Crippen molar-refractivity contribution in [1.82, 2.24) is 4.90 Å². The summed E-state index contributed by atoms with van der Waals surface area (Å²) >= 11 is 12.0. The summed E-state index contributed by atoms with van der Waals surface area (Å²) in [5.41, 5.74) is 0.572. The lowest BCUT2D eigenvalue weighted by atomic mass is 10.0. The number of benzene rings is 1. The summed E-state index contributed by atoms with van der Waals surface area (Å²) in [7, 11) is 0. The number of Topliss-reactive ketones (excluding diaryl/α,β-unsaturated/α-hetero) is 1. The van der Waals surface area contributed by atoms with Crippen LogP contribution < -0.4 is 0 Å². The van der Waals surface area contributed by atoms with Gasteiger partial charge in [0.1, 0.15) is 0 Å². The van der Waals surface area contributed by atoms with Crippen molar-refractivity contribution in [2.75, 3.05) is 13.1 Å². The van der Waals surface area contributed by atoms with E-state index in [2.05, 4.69) is 11.8 Å². The van der Waals surface area contributed by atoms with Crippen LogP contribution in [0.3, 0.4) is 0 Å². The third-order valence-electron chi connectivity index (χ3n) is 4.14. The average Bonchev–Trinajstić information content (AvgIpc) is 2.86. The number of nitrogens with zero attached hydrogens (tertiary/aromatic N) is 1. The van der Waals surface area contributed by atoms with E-state index in [1.807, 2.05) is 6.92 Å². The molecule has 0 aromatic heterocycles. The van der Waals surface area contributed by atoms with Crippen LogP contribution in [0.15, 0.2) is 18.2 Å². The number of hydrogen-bond donors (Lipinski definition) is 0. The Morgan fingerprint density at radius 3 is 2.85 bits per heavy atom. The summed E-state index contributed by atoms with van der Waals surface area (Å²) in [4.78, 5) is 14.8. The number of ketones is 1. The maximum Gasteiger partial charge on any atom is 0.181 e. The molecule has 0 bridgehead atoms. The Bertz CT molecular complexity index is 489. The predicted octanol–water partition coefficient (Wildman–Crippen LogP) is 4.69. The fourth-order valence-corrected chi connectivity index (χ4v) is 3.44. The van der Waals surface area contributed by atoms with E-state index in [0.29, 0.717) is 15.6 Å². The Morgan fingerprint density at radius 1 is 1.45 bits per heavy atom. The van der Waals surface area contributed by atoms with Gasteiger partial charge in [-0.1, -0.05) is 36.5 Å². The van der Waals surface area contributed by atoms with E-state index in [1.165, 1.54) is 19.3 Å². The molecule has 0 amide bonds. The van der Waals surface area contributed by atoms with Crippen LogP contribution in [0, 0.1) is 5.92 Å². The highest BCUT2D eigenvalue weighted by atomic mass is 35.5. The Balaban J connectivity index is 2.05. The Morgan fingerprint density at radius 2 is 2.20 bits per heavy atom. The smallest absolute Gasteiger partial charge is 0.181 e. The van der Waals surface area contributed by atoms with Gasteiger partial charge in [0.25, 0.3) is 0 Å². The van der Waals surface area contributed by atoms with E-state index in [1.54, 1.807) is 18.2 Å². The Hall–Kier alpha value is -0.570. The first kappa shape index (κ1) is 15.8. The third kappa shape index (κ3) is 3.55. The second-order valence-corrected chi connectivity index (χ2v) is 6.45. The minimum atomic E-state index is -0.115. The molecular formula is C16H21Cl2NO. The molecule has 1 aromatic rings. The fourth-order valence-electron chi connectivity index (χ4n) is 2.94. The molecule has 2 rings (SSSR count). The van der Waals surface area contributed by atoms with E-state index >= 15 is 0 Å². The molecule has 1 aliphatic heterocycles. The van der Waals surface area contributed by atoms with Gasteiger partial charge in [-0.05, 0) is 50.4 Å². The molecule has 4 heteroatoms. The van der Waals surface area contributed by atoms with Gasteiger partial charge in [0.2, 0.25) is 0 Å². The number of rotatable bonds is 5. The lowest BCUT2D eigenvalue weighted by Gasteiger charge is -2.23. The van der Waals surface area contributed by atoms with Crippen molar-refractivity contribution in [1.29, 1.82) is 0 Å². The number of halogens is 2. The largest absolute Gasteiger partial charge is 0.293 e. The van der Waals surface area contributed by atoms with Gasteiger partial charge < -0.3 is 0 Å². The normalized spacial score (nSPS) is 21.1. The van der Waals surface area contributed by atoms with E-state index in [4.69, 9.17) is 23.2 Å². The van der Waals surface area contributed by atoms with Crippen LogP contribution in [0.1, 0.15) is 43.5 Å². The van der Waals surface area contributed by atoms with E-state index in [0.717, 1.165) is 19.0 Å². The number of likely N-dealkylation sites (tertiary alicyclic amines) is 1. The van der Waals surface area contributed by atoms with Gasteiger partial charge in [-0.2, -0.15) is 0 Å². The van der Waals surface area contributed by atoms with Crippen LogP contribution in [0.5, 0.6) is 0 Å². The highest BCUT2D eigenvalue weighted by molar-refractivity contribution is 6.37. The minimum Gasteiger partial charge on any atom is -0.293 e. The second-order valence-electron chi connectivity index (χ2n) is 5.60. The van der Waals surface area contributed by atoms with Crippen molar-refractivity contribution in [2.24, 2.45) is 5.92 Å². The van der Waals surface area contributed by atoms with E-state index in [9.17, 15) is 4.79 Å². The molecule has 1 fully saturated rings. The zero-order chi connectivity index (χ0) is 14.7.